The van der Waals surface area contributed by atoms with Crippen LogP contribution in [0.2, 0.25) is 23.2 Å². The molecule has 0 heterocycles. The third kappa shape index (κ3) is 5.67. The summed E-state index contributed by atoms with van der Waals surface area (Å²) in [5, 5.41) is 0. The number of hydrogen-bond donors (Lipinski definition) is 0. The molecule has 5 heteroatoms. The molecular formula is C20H38O3Si2. The molecule has 0 aromatic heterocycles. The van der Waals surface area contributed by atoms with Crippen LogP contribution in [0.5, 0.6) is 0 Å². The lowest BCUT2D eigenvalue weighted by Gasteiger charge is -2.41. The summed E-state index contributed by atoms with van der Waals surface area (Å²) < 4.78 is 12.3. The van der Waals surface area contributed by atoms with E-state index in [1.807, 2.05) is 6.92 Å². The smallest absolute Gasteiger partial charge is 0.295 e. The van der Waals surface area contributed by atoms with Crippen LogP contribution < -0.4 is 0 Å². The molecule has 1 atom stereocenters. The van der Waals surface area contributed by atoms with E-state index in [9.17, 15) is 4.79 Å². The molecular weight excluding hydrogens is 344 g/mol. The molecule has 0 N–H and O–H groups in total. The van der Waals surface area contributed by atoms with Gasteiger partial charge in [-0.15, -0.1) is 0 Å². The van der Waals surface area contributed by atoms with Crippen molar-refractivity contribution in [3.8, 4) is 0 Å². The van der Waals surface area contributed by atoms with Crippen molar-refractivity contribution in [2.45, 2.75) is 115 Å². The molecule has 0 amide bonds. The summed E-state index contributed by atoms with van der Waals surface area (Å²) in [7, 11) is -1.60. The molecule has 2 saturated carbocycles. The molecule has 2 aliphatic carbocycles. The Morgan fingerprint density at radius 2 is 1.56 bits per heavy atom. The second-order valence-corrected chi connectivity index (χ2v) is 13.7. The quantitative estimate of drug-likeness (QED) is 0.443. The molecule has 0 saturated heterocycles. The fourth-order valence-corrected chi connectivity index (χ4v) is 11.8. The molecule has 144 valence electrons. The SMILES string of the molecule is CCC[Si](OC(=O)C(C)C[Si]OC(C)C)(C1CCCC1)C1CCCC1. The van der Waals surface area contributed by atoms with E-state index in [0.29, 0.717) is 9.76 Å². The van der Waals surface area contributed by atoms with E-state index >= 15 is 0 Å². The third-order valence-electron chi connectivity index (χ3n) is 6.13. The number of hydrogen-bond acceptors (Lipinski definition) is 3. The van der Waals surface area contributed by atoms with Crippen LogP contribution in [0.15, 0.2) is 0 Å². The highest BCUT2D eigenvalue weighted by Gasteiger charge is 2.53. The fraction of sp³-hybridized carbons (Fsp3) is 0.950. The van der Waals surface area contributed by atoms with Gasteiger partial charge in [0.25, 0.3) is 14.3 Å². The zero-order valence-electron chi connectivity index (χ0n) is 16.8. The highest BCUT2D eigenvalue weighted by molar-refractivity contribution is 6.78. The minimum absolute atomic E-state index is 0.0244. The topological polar surface area (TPSA) is 35.5 Å². The first kappa shape index (κ1) is 21.2. The Morgan fingerprint density at radius 1 is 1.04 bits per heavy atom. The molecule has 1 unspecified atom stereocenters. The maximum Gasteiger partial charge on any atom is 0.295 e. The highest BCUT2D eigenvalue weighted by Crippen LogP contribution is 2.53. The van der Waals surface area contributed by atoms with Crippen LogP contribution in [-0.4, -0.2) is 30.2 Å². The molecule has 0 bridgehead atoms. The normalized spacial score (nSPS) is 21.2. The minimum atomic E-state index is -2.00. The van der Waals surface area contributed by atoms with Gasteiger partial charge in [0.15, 0.2) is 0 Å². The van der Waals surface area contributed by atoms with E-state index in [1.165, 1.54) is 63.8 Å². The number of carbonyl (C=O) groups is 1. The van der Waals surface area contributed by atoms with Crippen LogP contribution in [-0.2, 0) is 13.6 Å². The molecule has 2 fully saturated rings. The monoisotopic (exact) mass is 382 g/mol. The second-order valence-electron chi connectivity index (χ2n) is 8.50. The van der Waals surface area contributed by atoms with Crippen molar-refractivity contribution in [3.05, 3.63) is 0 Å². The van der Waals surface area contributed by atoms with Gasteiger partial charge in [-0.3, -0.25) is 4.79 Å². The van der Waals surface area contributed by atoms with E-state index in [2.05, 4.69) is 20.8 Å². The van der Waals surface area contributed by atoms with Gasteiger partial charge in [0.05, 0.1) is 5.92 Å². The minimum Gasteiger partial charge on any atom is -0.518 e. The van der Waals surface area contributed by atoms with Crippen LogP contribution in [0.1, 0.15) is 85.5 Å². The lowest BCUT2D eigenvalue weighted by Crippen LogP contribution is -2.49. The first-order chi connectivity index (χ1) is 12.0. The van der Waals surface area contributed by atoms with Gasteiger partial charge in [-0.25, -0.2) is 0 Å². The average molecular weight is 383 g/mol. The maximum atomic E-state index is 13.0. The standard InChI is InChI=1S/C20H38O3Si2/c1-5-14-25(18-10-6-7-11-18,19-12-8-9-13-19)23-20(21)17(4)15-24-22-16(2)3/h16-19H,5-15H2,1-4H3. The third-order valence-corrected chi connectivity index (χ3v) is 13.3. The van der Waals surface area contributed by atoms with Gasteiger partial charge < -0.3 is 8.85 Å². The zero-order chi connectivity index (χ0) is 18.3. The summed E-state index contributed by atoms with van der Waals surface area (Å²) >= 11 is 0. The Hall–Kier alpha value is -0.136. The van der Waals surface area contributed by atoms with Crippen molar-refractivity contribution >= 4 is 24.0 Å². The molecule has 0 aromatic rings. The first-order valence-corrected chi connectivity index (χ1v) is 14.0. The van der Waals surface area contributed by atoms with Crippen molar-refractivity contribution in [1.29, 1.82) is 0 Å². The molecule has 0 aliphatic heterocycles. The Balaban J connectivity index is 2.06. The highest BCUT2D eigenvalue weighted by atomic mass is 28.4. The van der Waals surface area contributed by atoms with Gasteiger partial charge in [-0.1, -0.05) is 46.0 Å². The van der Waals surface area contributed by atoms with Gasteiger partial charge in [0.2, 0.25) is 9.76 Å². The van der Waals surface area contributed by atoms with Crippen LogP contribution in [0, 0.1) is 5.92 Å². The summed E-state index contributed by atoms with van der Waals surface area (Å²) in [6.07, 6.45) is 12.0. The lowest BCUT2D eigenvalue weighted by molar-refractivity contribution is -0.139. The zero-order valence-corrected chi connectivity index (χ0v) is 18.8. The molecule has 2 radical (unpaired) electrons. The van der Waals surface area contributed by atoms with Gasteiger partial charge in [-0.05, 0) is 62.7 Å². The maximum absolute atomic E-state index is 13.0. The van der Waals surface area contributed by atoms with Gasteiger partial charge in [0, 0.05) is 6.10 Å². The molecule has 0 aromatic carbocycles. The summed E-state index contributed by atoms with van der Waals surface area (Å²) in [5.41, 5.74) is 1.45. The van der Waals surface area contributed by atoms with Crippen LogP contribution >= 0.6 is 0 Å². The van der Waals surface area contributed by atoms with E-state index in [0.717, 1.165) is 17.1 Å². The molecule has 2 aliphatic rings. The van der Waals surface area contributed by atoms with E-state index < -0.39 is 8.32 Å². The van der Waals surface area contributed by atoms with Gasteiger partial charge in [-0.2, -0.15) is 0 Å². The number of carbonyl (C=O) groups excluding carboxylic acids is 1. The first-order valence-electron chi connectivity index (χ1n) is 10.6. The second kappa shape index (κ2) is 10.3. The van der Waals surface area contributed by atoms with Crippen LogP contribution in [0.25, 0.3) is 0 Å². The molecule has 25 heavy (non-hydrogen) atoms. The predicted octanol–water partition coefficient (Wildman–Crippen LogP) is 5.87. The summed E-state index contributed by atoms with van der Waals surface area (Å²) in [5.74, 6) is 0.0578. The predicted molar refractivity (Wildman–Crippen MR) is 107 cm³/mol. The Bertz CT molecular complexity index is 386. The number of rotatable bonds is 10. The largest absolute Gasteiger partial charge is 0.518 e. The summed E-state index contributed by atoms with van der Waals surface area (Å²) in [6.45, 7) is 8.42. The lowest BCUT2D eigenvalue weighted by atomic mass is 10.2. The van der Waals surface area contributed by atoms with Crippen molar-refractivity contribution in [1.82, 2.24) is 0 Å². The van der Waals surface area contributed by atoms with Crippen molar-refractivity contribution in [2.24, 2.45) is 5.92 Å². The Kier molecular flexibility index (Phi) is 8.69. The van der Waals surface area contributed by atoms with Gasteiger partial charge >= 0.3 is 0 Å². The van der Waals surface area contributed by atoms with Gasteiger partial charge in [0.1, 0.15) is 0 Å². The van der Waals surface area contributed by atoms with Crippen LogP contribution in [0.3, 0.4) is 0 Å². The average Bonchev–Trinajstić information content (AvgIpc) is 3.27. The Morgan fingerprint density at radius 3 is 2.00 bits per heavy atom. The van der Waals surface area contributed by atoms with E-state index in [4.69, 9.17) is 8.85 Å². The fourth-order valence-electron chi connectivity index (χ4n) is 4.89. The van der Waals surface area contributed by atoms with Crippen molar-refractivity contribution < 1.29 is 13.6 Å². The Labute approximate surface area is 158 Å². The molecule has 0 spiro atoms. The van der Waals surface area contributed by atoms with Crippen molar-refractivity contribution in [2.75, 3.05) is 0 Å². The summed E-state index contributed by atoms with van der Waals surface area (Å²) in [6, 6.07) is 1.99. The molecule has 2 rings (SSSR count). The van der Waals surface area contributed by atoms with Crippen LogP contribution in [0.4, 0.5) is 0 Å². The van der Waals surface area contributed by atoms with Crippen molar-refractivity contribution in [3.63, 3.8) is 0 Å². The summed E-state index contributed by atoms with van der Waals surface area (Å²) in [4.78, 5) is 13.0. The van der Waals surface area contributed by atoms with E-state index in [1.54, 1.807) is 0 Å². The molecule has 3 nitrogen and oxygen atoms in total. The van der Waals surface area contributed by atoms with E-state index in [-0.39, 0.29) is 18.0 Å².